The lowest BCUT2D eigenvalue weighted by atomic mass is 10.4. The first-order chi connectivity index (χ1) is 5.23. The molecule has 5 heteroatoms. The molecule has 0 aromatic rings. The van der Waals surface area contributed by atoms with Crippen molar-refractivity contribution in [3.05, 3.63) is 0 Å². The lowest BCUT2D eigenvalue weighted by Crippen LogP contribution is -2.41. The van der Waals surface area contributed by atoms with E-state index < -0.39 is 24.0 Å². The molecule has 1 atom stereocenters. The topological polar surface area (TPSA) is 54.4 Å². The van der Waals surface area contributed by atoms with E-state index in [4.69, 9.17) is 4.55 Å². The average Bonchev–Trinajstić information content (AvgIpc) is 1.83. The standard InChI is InChI=1S/C7H18O3SSi/c1-5-7(4,11(8,9)10)12-6(2)3/h6H,5,12H2,1-4H3,(H,8,9,10). The van der Waals surface area contributed by atoms with Gasteiger partial charge in [-0.25, -0.2) is 0 Å². The van der Waals surface area contributed by atoms with Gasteiger partial charge in [-0.15, -0.1) is 0 Å². The minimum absolute atomic E-state index is 0.414. The van der Waals surface area contributed by atoms with E-state index in [1.165, 1.54) is 0 Å². The van der Waals surface area contributed by atoms with Crippen LogP contribution in [-0.2, 0) is 10.1 Å². The highest BCUT2D eigenvalue weighted by Gasteiger charge is 2.36. The first kappa shape index (κ1) is 12.1. The molecule has 0 fully saturated rings. The lowest BCUT2D eigenvalue weighted by Gasteiger charge is -2.25. The number of rotatable bonds is 4. The highest BCUT2D eigenvalue weighted by Crippen LogP contribution is 2.22. The van der Waals surface area contributed by atoms with Crippen molar-refractivity contribution in [2.45, 2.75) is 44.0 Å². The smallest absolute Gasteiger partial charge is 0.266 e. The molecular weight excluding hydrogens is 192 g/mol. The molecule has 0 aliphatic heterocycles. The minimum atomic E-state index is -3.85. The Morgan fingerprint density at radius 1 is 1.50 bits per heavy atom. The van der Waals surface area contributed by atoms with Crippen LogP contribution in [-0.4, -0.2) is 26.9 Å². The van der Waals surface area contributed by atoms with E-state index in [2.05, 4.69) is 0 Å². The lowest BCUT2D eigenvalue weighted by molar-refractivity contribution is 0.458. The summed E-state index contributed by atoms with van der Waals surface area (Å²) in [5, 5.41) is 0. The zero-order valence-electron chi connectivity index (χ0n) is 8.16. The van der Waals surface area contributed by atoms with Crippen LogP contribution in [0.3, 0.4) is 0 Å². The molecule has 0 aromatic carbocycles. The minimum Gasteiger partial charge on any atom is -0.285 e. The number of hydrogen-bond donors (Lipinski definition) is 1. The fourth-order valence-electron chi connectivity index (χ4n) is 1.30. The maximum absolute atomic E-state index is 11.0. The van der Waals surface area contributed by atoms with Crippen molar-refractivity contribution in [1.82, 2.24) is 0 Å². The van der Waals surface area contributed by atoms with Crippen LogP contribution in [0, 0.1) is 0 Å². The van der Waals surface area contributed by atoms with Crippen LogP contribution in [0.15, 0.2) is 0 Å². The van der Waals surface area contributed by atoms with Crippen molar-refractivity contribution in [3.63, 3.8) is 0 Å². The van der Waals surface area contributed by atoms with Crippen LogP contribution in [0.5, 0.6) is 0 Å². The third-order valence-corrected chi connectivity index (χ3v) is 7.52. The number of hydrogen-bond acceptors (Lipinski definition) is 2. The highest BCUT2D eigenvalue weighted by atomic mass is 32.2. The van der Waals surface area contributed by atoms with Gasteiger partial charge in [-0.3, -0.25) is 4.55 Å². The first-order valence-corrected chi connectivity index (χ1v) is 7.16. The molecule has 0 heterocycles. The van der Waals surface area contributed by atoms with Crippen molar-refractivity contribution in [2.75, 3.05) is 0 Å². The van der Waals surface area contributed by atoms with E-state index in [1.807, 2.05) is 20.8 Å². The Morgan fingerprint density at radius 3 is 2.00 bits per heavy atom. The fourth-order valence-corrected chi connectivity index (χ4v) is 5.52. The van der Waals surface area contributed by atoms with E-state index in [0.29, 0.717) is 12.0 Å². The van der Waals surface area contributed by atoms with Crippen molar-refractivity contribution in [2.24, 2.45) is 0 Å². The zero-order valence-corrected chi connectivity index (χ0v) is 10.4. The quantitative estimate of drug-likeness (QED) is 0.556. The van der Waals surface area contributed by atoms with E-state index in [1.54, 1.807) is 6.92 Å². The molecule has 0 aromatic heterocycles. The average molecular weight is 210 g/mol. The zero-order chi connectivity index (χ0) is 9.99. The molecule has 0 saturated carbocycles. The van der Waals surface area contributed by atoms with Gasteiger partial charge in [0.2, 0.25) is 0 Å². The van der Waals surface area contributed by atoms with Gasteiger partial charge in [0.1, 0.15) is 0 Å². The van der Waals surface area contributed by atoms with Gasteiger partial charge in [-0.05, 0) is 13.3 Å². The summed E-state index contributed by atoms with van der Waals surface area (Å²) in [5.41, 5.74) is 0.414. The Bertz CT molecular complexity index is 235. The summed E-state index contributed by atoms with van der Waals surface area (Å²) in [6.45, 7) is 7.47. The third-order valence-electron chi connectivity index (χ3n) is 2.21. The van der Waals surface area contributed by atoms with Gasteiger partial charge in [0.25, 0.3) is 10.1 Å². The van der Waals surface area contributed by atoms with Crippen LogP contribution >= 0.6 is 0 Å². The van der Waals surface area contributed by atoms with Crippen molar-refractivity contribution >= 4 is 19.6 Å². The Hall–Kier alpha value is 0.127. The molecule has 0 spiro atoms. The largest absolute Gasteiger partial charge is 0.285 e. The van der Waals surface area contributed by atoms with Crippen LogP contribution in [0.25, 0.3) is 0 Å². The van der Waals surface area contributed by atoms with E-state index in [0.717, 1.165) is 0 Å². The summed E-state index contributed by atoms with van der Waals surface area (Å²) < 4.78 is 30.2. The maximum Gasteiger partial charge on any atom is 0.266 e. The molecule has 3 nitrogen and oxygen atoms in total. The summed E-state index contributed by atoms with van der Waals surface area (Å²) >= 11 is 0. The van der Waals surface area contributed by atoms with Gasteiger partial charge in [-0.2, -0.15) is 8.42 Å². The van der Waals surface area contributed by atoms with Gasteiger partial charge in [-0.1, -0.05) is 26.3 Å². The first-order valence-electron chi connectivity index (χ1n) is 4.20. The fraction of sp³-hybridized carbons (Fsp3) is 1.00. The van der Waals surface area contributed by atoms with Gasteiger partial charge in [0.15, 0.2) is 0 Å². The normalized spacial score (nSPS) is 18.8. The van der Waals surface area contributed by atoms with Crippen molar-refractivity contribution < 1.29 is 13.0 Å². The van der Waals surface area contributed by atoms with Gasteiger partial charge >= 0.3 is 0 Å². The summed E-state index contributed by atoms with van der Waals surface area (Å²) in [6, 6.07) is 0. The second kappa shape index (κ2) is 3.89. The predicted octanol–water partition coefficient (Wildman–Crippen LogP) is 0.998. The molecule has 74 valence electrons. The molecular formula is C7H18O3SSi. The molecule has 0 aliphatic carbocycles. The second-order valence-corrected chi connectivity index (χ2v) is 9.93. The summed E-state index contributed by atoms with van der Waals surface area (Å²) in [4.78, 5) is 0. The molecule has 0 rings (SSSR count). The summed E-state index contributed by atoms with van der Waals surface area (Å²) in [5.74, 6) is 0. The Morgan fingerprint density at radius 2 is 1.92 bits per heavy atom. The second-order valence-electron chi connectivity index (χ2n) is 3.88. The van der Waals surface area contributed by atoms with E-state index >= 15 is 0 Å². The van der Waals surface area contributed by atoms with Crippen LogP contribution in [0.2, 0.25) is 5.54 Å². The predicted molar refractivity (Wildman–Crippen MR) is 53.9 cm³/mol. The van der Waals surface area contributed by atoms with E-state index in [-0.39, 0.29) is 0 Å². The molecule has 0 saturated heterocycles. The van der Waals surface area contributed by atoms with Crippen LogP contribution in [0.1, 0.15) is 34.1 Å². The summed E-state index contributed by atoms with van der Waals surface area (Å²) in [6.07, 6.45) is 0.510. The van der Waals surface area contributed by atoms with Crippen LogP contribution in [0.4, 0.5) is 0 Å². The molecule has 12 heavy (non-hydrogen) atoms. The Kier molecular flexibility index (Phi) is 3.93. The molecule has 0 aliphatic rings. The van der Waals surface area contributed by atoms with Crippen molar-refractivity contribution in [1.29, 1.82) is 0 Å². The molecule has 0 bridgehead atoms. The maximum atomic E-state index is 11.0. The van der Waals surface area contributed by atoms with Gasteiger partial charge in [0.05, 0.1) is 13.9 Å². The van der Waals surface area contributed by atoms with Gasteiger partial charge in [0, 0.05) is 0 Å². The SMILES string of the molecule is CCC(C)([SiH2]C(C)C)S(=O)(=O)O. The molecule has 0 radical (unpaired) electrons. The van der Waals surface area contributed by atoms with Crippen molar-refractivity contribution in [3.8, 4) is 0 Å². The monoisotopic (exact) mass is 210 g/mol. The molecule has 1 N–H and O–H groups in total. The van der Waals surface area contributed by atoms with Crippen LogP contribution < -0.4 is 0 Å². The Balaban J connectivity index is 4.70. The molecule has 1 unspecified atom stereocenters. The highest BCUT2D eigenvalue weighted by molar-refractivity contribution is 7.88. The third kappa shape index (κ3) is 2.88. The molecule has 0 amide bonds. The Labute approximate surface area is 77.1 Å². The summed E-state index contributed by atoms with van der Waals surface area (Å²) in [7, 11) is -4.63. The van der Waals surface area contributed by atoms with E-state index in [9.17, 15) is 8.42 Å². The van der Waals surface area contributed by atoms with Gasteiger partial charge < -0.3 is 0 Å².